The number of amides is 1. The summed E-state index contributed by atoms with van der Waals surface area (Å²) in [5.74, 6) is -0.533. The molecular formula is C20H22FNO5S. The van der Waals surface area contributed by atoms with Crippen molar-refractivity contribution in [1.29, 1.82) is 0 Å². The van der Waals surface area contributed by atoms with Crippen molar-refractivity contribution in [3.8, 4) is 0 Å². The predicted octanol–water partition coefficient (Wildman–Crippen LogP) is 3.28. The Bertz CT molecular complexity index is 929. The molecule has 0 radical (unpaired) electrons. The Morgan fingerprint density at radius 2 is 1.71 bits per heavy atom. The molecule has 6 nitrogen and oxygen atoms in total. The maximum absolute atomic E-state index is 14.0. The third kappa shape index (κ3) is 4.69. The standard InChI is InChI=1S/C20H22FNO5S/c1-28(24,25)26-15-20(16-8-3-2-4-9-16,17-10-7-11-18(21)14-17)27-19(23)22-12-5-6-13-22/h2-4,7-11,14H,5-6,12-13,15H2,1H3/t20-/m1/s1. The minimum absolute atomic E-state index is 0.287. The van der Waals surface area contributed by atoms with Crippen molar-refractivity contribution in [1.82, 2.24) is 4.90 Å². The number of ether oxygens (including phenoxy) is 1. The van der Waals surface area contributed by atoms with E-state index in [1.54, 1.807) is 41.3 Å². The van der Waals surface area contributed by atoms with E-state index in [2.05, 4.69) is 0 Å². The summed E-state index contributed by atoms with van der Waals surface area (Å²) in [6.45, 7) is 0.610. The average molecular weight is 407 g/mol. The smallest absolute Gasteiger partial charge is 0.411 e. The van der Waals surface area contributed by atoms with Gasteiger partial charge in [-0.2, -0.15) is 8.42 Å². The van der Waals surface area contributed by atoms with Crippen LogP contribution in [-0.2, 0) is 24.6 Å². The summed E-state index contributed by atoms with van der Waals surface area (Å²) in [6, 6.07) is 14.2. The molecule has 1 aliphatic heterocycles. The highest BCUT2D eigenvalue weighted by atomic mass is 32.2. The molecule has 1 amide bonds. The normalized spacial score (nSPS) is 16.6. The Morgan fingerprint density at radius 3 is 2.32 bits per heavy atom. The van der Waals surface area contributed by atoms with E-state index < -0.39 is 34.2 Å². The Hall–Kier alpha value is -2.45. The number of hydrogen-bond donors (Lipinski definition) is 0. The molecule has 0 unspecified atom stereocenters. The highest BCUT2D eigenvalue weighted by Crippen LogP contribution is 2.36. The molecule has 1 atom stereocenters. The zero-order valence-electron chi connectivity index (χ0n) is 15.5. The van der Waals surface area contributed by atoms with Crippen molar-refractivity contribution < 1.29 is 26.5 Å². The molecule has 1 saturated heterocycles. The van der Waals surface area contributed by atoms with Gasteiger partial charge in [0.2, 0.25) is 0 Å². The van der Waals surface area contributed by atoms with E-state index in [9.17, 15) is 17.6 Å². The summed E-state index contributed by atoms with van der Waals surface area (Å²) in [5, 5.41) is 0. The third-order valence-corrected chi connectivity index (χ3v) is 5.18. The first-order valence-corrected chi connectivity index (χ1v) is 10.8. The van der Waals surface area contributed by atoms with E-state index in [0.717, 1.165) is 19.1 Å². The Labute approximate surface area is 164 Å². The molecule has 150 valence electrons. The van der Waals surface area contributed by atoms with Gasteiger partial charge in [-0.05, 0) is 25.0 Å². The molecule has 1 heterocycles. The van der Waals surface area contributed by atoms with Crippen LogP contribution in [0.3, 0.4) is 0 Å². The van der Waals surface area contributed by atoms with Gasteiger partial charge in [-0.3, -0.25) is 4.18 Å². The quantitative estimate of drug-likeness (QED) is 0.687. The van der Waals surface area contributed by atoms with Gasteiger partial charge >= 0.3 is 6.09 Å². The van der Waals surface area contributed by atoms with E-state index in [0.29, 0.717) is 18.7 Å². The second kappa shape index (κ2) is 8.28. The molecule has 0 aromatic heterocycles. The van der Waals surface area contributed by atoms with Gasteiger partial charge in [0.15, 0.2) is 5.60 Å². The molecule has 1 fully saturated rings. The first-order valence-electron chi connectivity index (χ1n) is 8.94. The molecule has 2 aromatic rings. The molecule has 3 rings (SSSR count). The first-order chi connectivity index (χ1) is 13.3. The second-order valence-electron chi connectivity index (χ2n) is 6.73. The van der Waals surface area contributed by atoms with Crippen molar-refractivity contribution in [2.45, 2.75) is 18.4 Å². The predicted molar refractivity (Wildman–Crippen MR) is 102 cm³/mol. The fourth-order valence-corrected chi connectivity index (χ4v) is 3.61. The first kappa shape index (κ1) is 20.3. The summed E-state index contributed by atoms with van der Waals surface area (Å²) < 4.78 is 48.4. The molecule has 8 heteroatoms. The number of carbonyl (C=O) groups is 1. The van der Waals surface area contributed by atoms with Gasteiger partial charge in [-0.15, -0.1) is 0 Å². The largest absolute Gasteiger partial charge is 0.430 e. The lowest BCUT2D eigenvalue weighted by molar-refractivity contribution is -0.0113. The molecule has 1 aliphatic rings. The van der Waals surface area contributed by atoms with Crippen LogP contribution in [0.5, 0.6) is 0 Å². The average Bonchev–Trinajstić information content (AvgIpc) is 3.20. The van der Waals surface area contributed by atoms with Gasteiger partial charge in [-0.25, -0.2) is 9.18 Å². The van der Waals surface area contributed by atoms with E-state index in [1.165, 1.54) is 18.2 Å². The molecule has 28 heavy (non-hydrogen) atoms. The van der Waals surface area contributed by atoms with Gasteiger partial charge in [0, 0.05) is 24.2 Å². The lowest BCUT2D eigenvalue weighted by Crippen LogP contribution is -2.43. The maximum Gasteiger partial charge on any atom is 0.411 e. The van der Waals surface area contributed by atoms with Gasteiger partial charge in [-0.1, -0.05) is 42.5 Å². The van der Waals surface area contributed by atoms with Crippen molar-refractivity contribution in [3.05, 3.63) is 71.5 Å². The summed E-state index contributed by atoms with van der Waals surface area (Å²) in [7, 11) is -3.84. The van der Waals surface area contributed by atoms with Crippen molar-refractivity contribution in [2.24, 2.45) is 0 Å². The van der Waals surface area contributed by atoms with Crippen LogP contribution in [0.25, 0.3) is 0 Å². The number of nitrogens with zero attached hydrogens (tertiary/aromatic N) is 1. The molecule has 0 saturated carbocycles. The molecule has 2 aromatic carbocycles. The lowest BCUT2D eigenvalue weighted by Gasteiger charge is -2.35. The van der Waals surface area contributed by atoms with Crippen LogP contribution in [0.1, 0.15) is 24.0 Å². The fraction of sp³-hybridized carbons (Fsp3) is 0.350. The summed E-state index contributed by atoms with van der Waals surface area (Å²) in [4.78, 5) is 14.4. The third-order valence-electron chi connectivity index (χ3n) is 4.63. The number of halogens is 1. The van der Waals surface area contributed by atoms with Crippen LogP contribution < -0.4 is 0 Å². The van der Waals surface area contributed by atoms with E-state index in [4.69, 9.17) is 8.92 Å². The van der Waals surface area contributed by atoms with Gasteiger partial charge in [0.05, 0.1) is 6.26 Å². The molecular weight excluding hydrogens is 385 g/mol. The number of benzene rings is 2. The van der Waals surface area contributed by atoms with Crippen molar-refractivity contribution >= 4 is 16.2 Å². The fourth-order valence-electron chi connectivity index (χ4n) is 3.23. The van der Waals surface area contributed by atoms with Crippen molar-refractivity contribution in [3.63, 3.8) is 0 Å². The minimum Gasteiger partial charge on any atom is -0.430 e. The molecule has 0 aliphatic carbocycles. The summed E-state index contributed by atoms with van der Waals surface area (Å²) >= 11 is 0. The minimum atomic E-state index is -3.84. The van der Waals surface area contributed by atoms with Crippen LogP contribution >= 0.6 is 0 Å². The van der Waals surface area contributed by atoms with Crippen LogP contribution in [0.2, 0.25) is 0 Å². The van der Waals surface area contributed by atoms with E-state index in [-0.39, 0.29) is 5.56 Å². The number of carbonyl (C=O) groups excluding carboxylic acids is 1. The van der Waals surface area contributed by atoms with E-state index >= 15 is 0 Å². The number of rotatable bonds is 6. The summed E-state index contributed by atoms with van der Waals surface area (Å²) in [6.07, 6.45) is 2.06. The molecule has 0 N–H and O–H groups in total. The lowest BCUT2D eigenvalue weighted by atomic mass is 9.86. The highest BCUT2D eigenvalue weighted by Gasteiger charge is 2.42. The maximum atomic E-state index is 14.0. The van der Waals surface area contributed by atoms with Gasteiger partial charge in [0.1, 0.15) is 12.4 Å². The Kier molecular flexibility index (Phi) is 6.00. The number of hydrogen-bond acceptors (Lipinski definition) is 5. The van der Waals surface area contributed by atoms with Gasteiger partial charge in [0.25, 0.3) is 10.1 Å². The van der Waals surface area contributed by atoms with Gasteiger partial charge < -0.3 is 9.64 Å². The Morgan fingerprint density at radius 1 is 1.07 bits per heavy atom. The molecule has 0 bridgehead atoms. The van der Waals surface area contributed by atoms with Crippen LogP contribution in [0.15, 0.2) is 54.6 Å². The number of likely N-dealkylation sites (tertiary alicyclic amines) is 1. The van der Waals surface area contributed by atoms with Crippen LogP contribution in [0.4, 0.5) is 9.18 Å². The summed E-state index contributed by atoms with van der Waals surface area (Å²) in [5.41, 5.74) is -0.849. The van der Waals surface area contributed by atoms with Crippen LogP contribution in [-0.4, -0.2) is 45.4 Å². The Balaban J connectivity index is 2.11. The molecule has 0 spiro atoms. The highest BCUT2D eigenvalue weighted by molar-refractivity contribution is 7.85. The van der Waals surface area contributed by atoms with Crippen molar-refractivity contribution in [2.75, 3.05) is 26.0 Å². The second-order valence-corrected chi connectivity index (χ2v) is 8.38. The van der Waals surface area contributed by atoms with Crippen LogP contribution in [0, 0.1) is 5.82 Å². The zero-order valence-corrected chi connectivity index (χ0v) is 16.3. The zero-order chi connectivity index (χ0) is 20.2. The monoisotopic (exact) mass is 407 g/mol. The van der Waals surface area contributed by atoms with E-state index in [1.807, 2.05) is 0 Å². The SMILES string of the molecule is CS(=O)(=O)OC[C@@](OC(=O)N1CCCC1)(c1ccccc1)c1cccc(F)c1. The topological polar surface area (TPSA) is 72.9 Å².